The lowest BCUT2D eigenvalue weighted by Gasteiger charge is -2.51. The first-order valence-corrected chi connectivity index (χ1v) is 32.0. The van der Waals surface area contributed by atoms with Crippen molar-refractivity contribution in [3.05, 3.63) is 0 Å². The van der Waals surface area contributed by atoms with E-state index < -0.39 is 315 Å². The fourth-order valence-electron chi connectivity index (χ4n) is 12.9. The summed E-state index contributed by atoms with van der Waals surface area (Å²) in [5, 5.41) is 242. The fourth-order valence-corrected chi connectivity index (χ4v) is 12.9. The van der Waals surface area contributed by atoms with Crippen LogP contribution in [0.4, 0.5) is 0 Å². The van der Waals surface area contributed by atoms with E-state index in [1.54, 1.807) is 0 Å². The Balaban J connectivity index is 1.15. The van der Waals surface area contributed by atoms with E-state index in [0.29, 0.717) is 0 Å². The average Bonchev–Trinajstić information content (AvgIpc) is 0.777. The molecule has 8 aliphatic heterocycles. The first kappa shape index (κ1) is 82.1. The van der Waals surface area contributed by atoms with Crippen LogP contribution in [0, 0.1) is 0 Å². The van der Waals surface area contributed by atoms with Crippen LogP contribution >= 0.6 is 0 Å². The quantitative estimate of drug-likeness (QED) is 0.0404. The van der Waals surface area contributed by atoms with Crippen molar-refractivity contribution in [3.63, 3.8) is 0 Å². The molecule has 0 aromatic heterocycles. The molecule has 578 valence electrons. The summed E-state index contributed by atoms with van der Waals surface area (Å²) in [7, 11) is 0. The van der Waals surface area contributed by atoms with E-state index in [1.165, 1.54) is 6.92 Å². The molecule has 0 bridgehead atoms. The van der Waals surface area contributed by atoms with Gasteiger partial charge < -0.3 is 200 Å². The monoisotopic (exact) mass is 1460 g/mol. The van der Waals surface area contributed by atoms with E-state index in [1.807, 2.05) is 0 Å². The predicted octanol–water partition coefficient (Wildman–Crippen LogP) is -16.8. The van der Waals surface area contributed by atoms with Crippen molar-refractivity contribution in [1.82, 2.24) is 21.3 Å². The summed E-state index contributed by atoms with van der Waals surface area (Å²) >= 11 is 0. The van der Waals surface area contributed by atoms with Crippen molar-refractivity contribution in [1.29, 1.82) is 0 Å². The van der Waals surface area contributed by atoms with Gasteiger partial charge in [-0.05, 0) is 6.92 Å². The Bertz CT molecular complexity index is 2620. The number of ether oxygens (including phenoxy) is 15. The van der Waals surface area contributed by atoms with Crippen LogP contribution in [-0.2, 0) is 90.2 Å². The molecule has 0 aromatic carbocycles. The molecule has 8 fully saturated rings. The highest BCUT2D eigenvalue weighted by Gasteiger charge is 2.60. The molecule has 0 aliphatic carbocycles. The van der Waals surface area contributed by atoms with Crippen LogP contribution < -0.4 is 21.3 Å². The van der Waals surface area contributed by atoms with Crippen LogP contribution in [0.1, 0.15) is 34.6 Å². The number of nitrogens with one attached hydrogen (secondary N) is 4. The molecule has 44 heteroatoms. The van der Waals surface area contributed by atoms with Gasteiger partial charge in [-0.3, -0.25) is 19.2 Å². The Hall–Kier alpha value is -3.56. The lowest BCUT2D eigenvalue weighted by molar-refractivity contribution is -0.397. The van der Waals surface area contributed by atoms with Crippen LogP contribution in [-0.4, -0.2) is 423 Å². The minimum absolute atomic E-state index is 0.822. The Morgan fingerprint density at radius 3 is 1.08 bits per heavy atom. The van der Waals surface area contributed by atoms with Crippen molar-refractivity contribution in [2.24, 2.45) is 0 Å². The third-order valence-electron chi connectivity index (χ3n) is 18.2. The van der Waals surface area contributed by atoms with Crippen molar-refractivity contribution in [2.45, 2.75) is 280 Å². The molecule has 4 amide bonds. The number of hydrogen-bond donors (Lipinski definition) is 25. The number of hydrogen-bond acceptors (Lipinski definition) is 40. The first-order valence-electron chi connectivity index (χ1n) is 32.0. The SMILES string of the molecule is CC(=O)N[C@H]1[C@H](O[C@H]2[C@H](O[C@@H]3O[C@@H](C)[C@@H](O)[C@@H](O)[C@@H]3O)[C@@H](NC(C)=O)C(O)O[C@@H]2CO)O[C@H](CO)[C@@H](O[C@@H]2O[C@H](CO[C@H]3O[C@H](CO)[C@@H](O)[C@H](O)[C@@H]3O[C@@H]3O[C@H](CO)[C@@H](O)[C@H](O)[C@H]3NC(C)=O)[C@@H](O)[C@H](O[C@H]3O[C@H](CO)[C@@H](O)[C@H](O)[C@@H]3O[C@@H]3O[C@H](CO)[C@@H](O)[C@H](O)[C@H]3NC(C)=O)[C@@H]2O)[C@@H]1O. The number of aliphatic hydroxyl groups excluding tert-OH is 21. The van der Waals surface area contributed by atoms with E-state index in [9.17, 15) is 126 Å². The number of carbonyl (C=O) groups is 4. The smallest absolute Gasteiger partial charge is 0.217 e. The average molecular weight is 1460 g/mol. The zero-order valence-electron chi connectivity index (χ0n) is 54.2. The highest BCUT2D eigenvalue weighted by molar-refractivity contribution is 5.74. The van der Waals surface area contributed by atoms with E-state index in [0.717, 1.165) is 27.7 Å². The van der Waals surface area contributed by atoms with E-state index >= 15 is 0 Å². The summed E-state index contributed by atoms with van der Waals surface area (Å²) in [6.07, 6.45) is -72.2. The van der Waals surface area contributed by atoms with Gasteiger partial charge in [0, 0.05) is 27.7 Å². The Morgan fingerprint density at radius 1 is 0.280 bits per heavy atom. The van der Waals surface area contributed by atoms with Gasteiger partial charge in [0.25, 0.3) is 0 Å². The second-order valence-electron chi connectivity index (χ2n) is 25.3. The van der Waals surface area contributed by atoms with E-state index in [-0.39, 0.29) is 0 Å². The molecule has 25 N–H and O–H groups in total. The van der Waals surface area contributed by atoms with Gasteiger partial charge in [0.15, 0.2) is 50.3 Å². The molecule has 8 heterocycles. The van der Waals surface area contributed by atoms with E-state index in [4.69, 9.17) is 71.1 Å². The molecular weight excluding hydrogens is 1370 g/mol. The van der Waals surface area contributed by atoms with Crippen LogP contribution in [0.25, 0.3) is 0 Å². The van der Waals surface area contributed by atoms with Gasteiger partial charge in [-0.1, -0.05) is 0 Å². The standard InChI is InChI=1S/C56H94N4O40/c1-13-29(71)38(80)41(83)53(87-13)97-45-28(60-17(5)70)49(85)88-23(11-66)44(45)96-52-27(59-16(4)69)37(79)43(22(10-65)93-52)95-54-42(84)46(98-56-48(40(82)33(75)21(9-64)92-56)100-51-26(58-15(3)68)36(78)31(73)19(7-62)90-51)34(76)24(94-54)12-86-55-47(39(81)32(74)20(8-63)91-55)99-50-25(57-14(2)67)35(77)30(72)18(6-61)89-50/h13,18-56,61-66,71-85H,6-12H2,1-5H3,(H,57,67)(H,58,68)(H,59,69)(H,60,70)/t13-,18+,19+,20+,21+,22+,23+,24+,25+,26+,27+,28+,29+,30+,31+,32+,33+,34+,35+,36+,37+,38+,39-,40-,41-,42-,43+,44+,45+,46-,47-,48-,49?,50-,51-,52-,53-,54-,55-,56+/m0/s1. The molecule has 40 atom stereocenters. The third kappa shape index (κ3) is 18.1. The lowest BCUT2D eigenvalue weighted by Crippen LogP contribution is -2.71. The van der Waals surface area contributed by atoms with Gasteiger partial charge in [0.05, 0.1) is 52.4 Å². The van der Waals surface area contributed by atoms with Gasteiger partial charge in [-0.25, -0.2) is 0 Å². The molecule has 0 spiro atoms. The van der Waals surface area contributed by atoms with Gasteiger partial charge in [-0.15, -0.1) is 0 Å². The van der Waals surface area contributed by atoms with Crippen molar-refractivity contribution < 1.29 is 197 Å². The highest BCUT2D eigenvalue weighted by Crippen LogP contribution is 2.39. The molecule has 0 radical (unpaired) electrons. The zero-order valence-corrected chi connectivity index (χ0v) is 54.2. The Labute approximate surface area is 567 Å². The molecule has 44 nitrogen and oxygen atoms in total. The molecule has 8 aliphatic rings. The van der Waals surface area contributed by atoms with Crippen LogP contribution in [0.15, 0.2) is 0 Å². The normalized spacial score (nSPS) is 48.7. The fraction of sp³-hybridized carbons (Fsp3) is 0.929. The Morgan fingerprint density at radius 2 is 0.620 bits per heavy atom. The van der Waals surface area contributed by atoms with Crippen molar-refractivity contribution >= 4 is 23.6 Å². The minimum Gasteiger partial charge on any atom is -0.394 e. The second kappa shape index (κ2) is 35.7. The molecule has 0 saturated carbocycles. The first-order chi connectivity index (χ1) is 47.2. The molecule has 100 heavy (non-hydrogen) atoms. The topological polar surface area (TPSA) is 680 Å². The van der Waals surface area contributed by atoms with Crippen molar-refractivity contribution in [3.8, 4) is 0 Å². The second-order valence-corrected chi connectivity index (χ2v) is 25.3. The summed E-state index contributed by atoms with van der Waals surface area (Å²) < 4.78 is 89.4. The van der Waals surface area contributed by atoms with Gasteiger partial charge >= 0.3 is 0 Å². The summed E-state index contributed by atoms with van der Waals surface area (Å²) in [5.74, 6) is -3.45. The number of aliphatic hydroxyl groups is 21. The van der Waals surface area contributed by atoms with Gasteiger partial charge in [0.1, 0.15) is 189 Å². The summed E-state index contributed by atoms with van der Waals surface area (Å²) in [6.45, 7) is -2.22. The summed E-state index contributed by atoms with van der Waals surface area (Å²) in [5.41, 5.74) is 0. The van der Waals surface area contributed by atoms with E-state index in [2.05, 4.69) is 21.3 Å². The van der Waals surface area contributed by atoms with Crippen LogP contribution in [0.2, 0.25) is 0 Å². The number of amides is 4. The molecule has 0 aromatic rings. The van der Waals surface area contributed by atoms with Gasteiger partial charge in [0.2, 0.25) is 23.6 Å². The zero-order chi connectivity index (χ0) is 73.8. The predicted molar refractivity (Wildman–Crippen MR) is 309 cm³/mol. The maximum Gasteiger partial charge on any atom is 0.217 e. The highest BCUT2D eigenvalue weighted by atomic mass is 16.8. The van der Waals surface area contributed by atoms with Crippen LogP contribution in [0.5, 0.6) is 0 Å². The van der Waals surface area contributed by atoms with Crippen molar-refractivity contribution in [2.75, 3.05) is 46.2 Å². The van der Waals surface area contributed by atoms with Gasteiger partial charge in [-0.2, -0.15) is 0 Å². The number of rotatable bonds is 25. The molecule has 8 saturated heterocycles. The minimum atomic E-state index is -2.51. The summed E-state index contributed by atoms with van der Waals surface area (Å²) in [6, 6.07) is -7.13. The molecule has 1 unspecified atom stereocenters. The maximum absolute atomic E-state index is 13.1. The third-order valence-corrected chi connectivity index (χ3v) is 18.2. The number of carbonyl (C=O) groups excluding carboxylic acids is 4. The van der Waals surface area contributed by atoms with Crippen LogP contribution in [0.3, 0.4) is 0 Å². The largest absolute Gasteiger partial charge is 0.394 e. The lowest BCUT2D eigenvalue weighted by atomic mass is 9.93. The Kier molecular flexibility index (Phi) is 29.3. The molecular formula is C56H94N4O40. The summed E-state index contributed by atoms with van der Waals surface area (Å²) in [4.78, 5) is 50.6. The molecule has 8 rings (SSSR count). The maximum atomic E-state index is 13.1.